The third kappa shape index (κ3) is 76.3. The highest BCUT2D eigenvalue weighted by Crippen LogP contribution is 2.45. The van der Waals surface area contributed by atoms with Crippen molar-refractivity contribution in [3.63, 3.8) is 0 Å². The average Bonchev–Trinajstić information content (AvgIpc) is 0.907. The van der Waals surface area contributed by atoms with Gasteiger partial charge in [0, 0.05) is 25.7 Å². The van der Waals surface area contributed by atoms with Crippen LogP contribution in [0.1, 0.15) is 440 Å². The Morgan fingerprint density at radius 2 is 0.451 bits per heavy atom. The Kier molecular flexibility index (Phi) is 73.1. The van der Waals surface area contributed by atoms with E-state index < -0.39 is 97.5 Å². The van der Waals surface area contributed by atoms with Crippen molar-refractivity contribution in [2.24, 2.45) is 11.8 Å². The molecule has 5 atom stereocenters. The molecule has 0 saturated heterocycles. The van der Waals surface area contributed by atoms with Crippen LogP contribution in [0, 0.1) is 11.8 Å². The van der Waals surface area contributed by atoms with Crippen LogP contribution in [-0.4, -0.2) is 96.7 Å². The number of unbranched alkanes of at least 4 members (excludes halogenated alkanes) is 52. The SMILES string of the molecule is CCCCCCCCCCCCCCCCCCCCCCCCC(=O)O[C@H](COC(=O)CCCCCCCCCCCCCCCCC(C)C)COP(=O)(O)OC[C@@H](O)COP(=O)(O)OC[C@@H](COC(=O)CCCCCCCCCCC(C)C)OC(=O)CCCCCCCCCCCCCC. The second-order valence-electron chi connectivity index (χ2n) is 30.8. The lowest BCUT2D eigenvalue weighted by molar-refractivity contribution is -0.161. The maximum Gasteiger partial charge on any atom is 0.472 e. The van der Waals surface area contributed by atoms with Crippen LogP contribution in [0.25, 0.3) is 0 Å². The van der Waals surface area contributed by atoms with Gasteiger partial charge in [-0.2, -0.15) is 0 Å². The molecule has 0 aromatic carbocycles. The molecule has 0 aliphatic carbocycles. The van der Waals surface area contributed by atoms with E-state index in [0.717, 1.165) is 102 Å². The van der Waals surface area contributed by atoms with Gasteiger partial charge < -0.3 is 33.8 Å². The first-order chi connectivity index (χ1) is 49.4. The van der Waals surface area contributed by atoms with Gasteiger partial charge in [0.2, 0.25) is 0 Å². The van der Waals surface area contributed by atoms with Crippen LogP contribution in [-0.2, 0) is 65.4 Å². The molecule has 0 heterocycles. The summed E-state index contributed by atoms with van der Waals surface area (Å²) in [6.07, 6.45) is 65.4. The third-order valence-electron chi connectivity index (χ3n) is 19.5. The first kappa shape index (κ1) is 100. The van der Waals surface area contributed by atoms with Crippen LogP contribution in [0.2, 0.25) is 0 Å². The molecule has 0 aromatic rings. The van der Waals surface area contributed by atoms with Gasteiger partial charge in [0.05, 0.1) is 26.4 Å². The molecule has 19 heteroatoms. The zero-order chi connectivity index (χ0) is 74.9. The molecule has 3 N–H and O–H groups in total. The van der Waals surface area contributed by atoms with Crippen LogP contribution in [0.4, 0.5) is 0 Å². The van der Waals surface area contributed by atoms with Crippen molar-refractivity contribution in [1.82, 2.24) is 0 Å². The Bertz CT molecular complexity index is 1960. The number of hydrogen-bond acceptors (Lipinski definition) is 15. The summed E-state index contributed by atoms with van der Waals surface area (Å²) < 4.78 is 68.8. The lowest BCUT2D eigenvalue weighted by Crippen LogP contribution is -2.30. The van der Waals surface area contributed by atoms with Crippen LogP contribution in [0.5, 0.6) is 0 Å². The number of aliphatic hydroxyl groups excluding tert-OH is 1. The van der Waals surface area contributed by atoms with E-state index in [1.165, 1.54) is 257 Å². The summed E-state index contributed by atoms with van der Waals surface area (Å²) >= 11 is 0. The second-order valence-corrected chi connectivity index (χ2v) is 33.7. The topological polar surface area (TPSA) is 237 Å². The zero-order valence-electron chi connectivity index (χ0n) is 66.9. The number of carbonyl (C=O) groups is 4. The summed E-state index contributed by atoms with van der Waals surface area (Å²) in [6.45, 7) is 9.63. The second kappa shape index (κ2) is 74.5. The molecule has 0 fully saturated rings. The van der Waals surface area contributed by atoms with E-state index in [2.05, 4.69) is 41.5 Å². The maximum absolute atomic E-state index is 13.1. The van der Waals surface area contributed by atoms with E-state index in [9.17, 15) is 43.2 Å². The molecule has 0 aromatic heterocycles. The number of esters is 4. The van der Waals surface area contributed by atoms with E-state index >= 15 is 0 Å². The highest BCUT2D eigenvalue weighted by Gasteiger charge is 2.30. The summed E-state index contributed by atoms with van der Waals surface area (Å²) in [5.74, 6) is -0.581. The Morgan fingerprint density at radius 1 is 0.265 bits per heavy atom. The molecule has 2 unspecified atom stereocenters. The number of phosphoric acid groups is 2. The highest BCUT2D eigenvalue weighted by atomic mass is 31.2. The molecule has 0 spiro atoms. The minimum atomic E-state index is -4.96. The first-order valence-corrected chi connectivity index (χ1v) is 46.0. The third-order valence-corrected chi connectivity index (χ3v) is 21.4. The molecule has 0 aliphatic rings. The Labute approximate surface area is 626 Å². The minimum absolute atomic E-state index is 0.107. The van der Waals surface area contributed by atoms with Gasteiger partial charge in [-0.15, -0.1) is 0 Å². The lowest BCUT2D eigenvalue weighted by Gasteiger charge is -2.21. The van der Waals surface area contributed by atoms with Crippen molar-refractivity contribution in [2.75, 3.05) is 39.6 Å². The zero-order valence-corrected chi connectivity index (χ0v) is 68.7. The van der Waals surface area contributed by atoms with E-state index in [1.807, 2.05) is 0 Å². The van der Waals surface area contributed by atoms with Crippen LogP contribution >= 0.6 is 15.6 Å². The van der Waals surface area contributed by atoms with Crippen molar-refractivity contribution >= 4 is 39.5 Å². The number of hydrogen-bond donors (Lipinski definition) is 3. The summed E-state index contributed by atoms with van der Waals surface area (Å²) in [7, 11) is -9.92. The molecule has 0 radical (unpaired) electrons. The molecule has 102 heavy (non-hydrogen) atoms. The quantitative estimate of drug-likeness (QED) is 0.0222. The average molecular weight is 1490 g/mol. The molecule has 0 saturated carbocycles. The van der Waals surface area contributed by atoms with Gasteiger partial charge in [-0.1, -0.05) is 388 Å². The Morgan fingerprint density at radius 3 is 0.667 bits per heavy atom. The lowest BCUT2D eigenvalue weighted by atomic mass is 10.0. The number of rotatable bonds is 82. The molecule has 17 nitrogen and oxygen atoms in total. The molecule has 606 valence electrons. The molecule has 0 bridgehead atoms. The first-order valence-electron chi connectivity index (χ1n) is 43.0. The van der Waals surface area contributed by atoms with Gasteiger partial charge in [0.1, 0.15) is 19.3 Å². The monoisotopic (exact) mass is 1490 g/mol. The van der Waals surface area contributed by atoms with Crippen molar-refractivity contribution in [3.8, 4) is 0 Å². The fourth-order valence-electron chi connectivity index (χ4n) is 12.9. The standard InChI is InChI=1S/C83H162O17P2/c1-7-9-11-13-15-17-19-21-22-23-24-25-26-27-28-29-34-38-42-50-56-62-68-83(88)99-78(71-93-80(85)65-59-53-47-40-37-33-31-30-32-35-39-45-51-57-63-75(3)4)73-97-101(89,90)95-69-77(84)70-96-102(91,92)98-74-79(72-94-81(86)66-60-54-48-44-43-46-52-58-64-76(5)6)100-82(87)67-61-55-49-41-36-20-18-16-14-12-10-8-2/h75-79,84H,7-74H2,1-6H3,(H,89,90)(H,91,92)/t77-,78-,79-/m1/s1. The van der Waals surface area contributed by atoms with Crippen LogP contribution in [0.15, 0.2) is 0 Å². The summed E-state index contributed by atoms with van der Waals surface area (Å²) in [5.41, 5.74) is 0. The van der Waals surface area contributed by atoms with Crippen LogP contribution < -0.4 is 0 Å². The van der Waals surface area contributed by atoms with Crippen molar-refractivity contribution in [1.29, 1.82) is 0 Å². The summed E-state index contributed by atoms with van der Waals surface area (Å²) in [6, 6.07) is 0. The van der Waals surface area contributed by atoms with Crippen molar-refractivity contribution in [3.05, 3.63) is 0 Å². The number of carbonyl (C=O) groups excluding carboxylic acids is 4. The number of aliphatic hydroxyl groups is 1. The van der Waals surface area contributed by atoms with E-state index in [-0.39, 0.29) is 25.7 Å². The molecular weight excluding hydrogens is 1330 g/mol. The van der Waals surface area contributed by atoms with E-state index in [0.29, 0.717) is 25.7 Å². The number of ether oxygens (including phenoxy) is 4. The van der Waals surface area contributed by atoms with Gasteiger partial charge in [0.15, 0.2) is 12.2 Å². The van der Waals surface area contributed by atoms with Gasteiger partial charge in [-0.3, -0.25) is 37.3 Å². The maximum atomic E-state index is 13.1. The van der Waals surface area contributed by atoms with E-state index in [4.69, 9.17) is 37.0 Å². The normalized spacial score (nSPS) is 13.9. The fraction of sp³-hybridized carbons (Fsp3) is 0.952. The van der Waals surface area contributed by atoms with Crippen LogP contribution in [0.3, 0.4) is 0 Å². The van der Waals surface area contributed by atoms with Gasteiger partial charge >= 0.3 is 39.5 Å². The van der Waals surface area contributed by atoms with Gasteiger partial charge in [-0.05, 0) is 37.5 Å². The van der Waals surface area contributed by atoms with Crippen molar-refractivity contribution in [2.45, 2.75) is 458 Å². The largest absolute Gasteiger partial charge is 0.472 e. The highest BCUT2D eigenvalue weighted by molar-refractivity contribution is 7.47. The minimum Gasteiger partial charge on any atom is -0.462 e. The Balaban J connectivity index is 5.21. The fourth-order valence-corrected chi connectivity index (χ4v) is 14.5. The van der Waals surface area contributed by atoms with Gasteiger partial charge in [0.25, 0.3) is 0 Å². The predicted octanol–water partition coefficient (Wildman–Crippen LogP) is 25.1. The van der Waals surface area contributed by atoms with Crippen molar-refractivity contribution < 1.29 is 80.2 Å². The van der Waals surface area contributed by atoms with Gasteiger partial charge in [-0.25, -0.2) is 9.13 Å². The number of phosphoric ester groups is 2. The summed E-state index contributed by atoms with van der Waals surface area (Å²) in [5, 5.41) is 10.6. The van der Waals surface area contributed by atoms with E-state index in [1.54, 1.807) is 0 Å². The molecule has 0 aliphatic heterocycles. The smallest absolute Gasteiger partial charge is 0.462 e. The molecule has 0 amide bonds. The Hall–Kier alpha value is -1.94. The molecular formula is C83H162O17P2. The molecule has 0 rings (SSSR count). The predicted molar refractivity (Wildman–Crippen MR) is 418 cm³/mol. The summed E-state index contributed by atoms with van der Waals surface area (Å²) in [4.78, 5) is 73.1.